The van der Waals surface area contributed by atoms with Crippen molar-refractivity contribution in [2.75, 3.05) is 0 Å². The van der Waals surface area contributed by atoms with E-state index in [1.807, 2.05) is 0 Å². The van der Waals surface area contributed by atoms with Gasteiger partial charge in [-0.2, -0.15) is 4.73 Å². The predicted octanol–water partition coefficient (Wildman–Crippen LogP) is 2.77. The van der Waals surface area contributed by atoms with Gasteiger partial charge in [0.1, 0.15) is 5.75 Å². The molecule has 76 valence electrons. The molecule has 0 bridgehead atoms. The SMILES string of the molecule is [O-][n+]1cccc(Oc2cccc(Cl)c2)c1. The van der Waals surface area contributed by atoms with E-state index < -0.39 is 0 Å². The number of rotatable bonds is 2. The van der Waals surface area contributed by atoms with Gasteiger partial charge in [-0.05, 0) is 24.3 Å². The Morgan fingerprint density at radius 3 is 2.67 bits per heavy atom. The van der Waals surface area contributed by atoms with Crippen LogP contribution in [0.5, 0.6) is 11.5 Å². The van der Waals surface area contributed by atoms with E-state index in [1.165, 1.54) is 12.4 Å². The molecule has 0 aliphatic rings. The van der Waals surface area contributed by atoms with Crippen molar-refractivity contribution in [1.82, 2.24) is 0 Å². The van der Waals surface area contributed by atoms with Gasteiger partial charge in [0, 0.05) is 11.1 Å². The van der Waals surface area contributed by atoms with Gasteiger partial charge in [-0.15, -0.1) is 0 Å². The summed E-state index contributed by atoms with van der Waals surface area (Å²) in [5.41, 5.74) is 0. The first kappa shape index (κ1) is 9.80. The highest BCUT2D eigenvalue weighted by atomic mass is 35.5. The highest BCUT2D eigenvalue weighted by Crippen LogP contribution is 2.22. The lowest BCUT2D eigenvalue weighted by Crippen LogP contribution is -2.23. The van der Waals surface area contributed by atoms with E-state index in [0.717, 1.165) is 0 Å². The first-order valence-corrected chi connectivity index (χ1v) is 4.74. The monoisotopic (exact) mass is 221 g/mol. The summed E-state index contributed by atoms with van der Waals surface area (Å²) in [4.78, 5) is 0. The molecule has 1 aromatic heterocycles. The van der Waals surface area contributed by atoms with Gasteiger partial charge in [-0.1, -0.05) is 17.7 Å². The molecular weight excluding hydrogens is 214 g/mol. The van der Waals surface area contributed by atoms with Crippen molar-refractivity contribution in [3.05, 3.63) is 59.0 Å². The Bertz CT molecular complexity index is 430. The summed E-state index contributed by atoms with van der Waals surface area (Å²) in [6.45, 7) is 0. The molecule has 0 radical (unpaired) electrons. The van der Waals surface area contributed by atoms with E-state index in [0.29, 0.717) is 21.3 Å². The van der Waals surface area contributed by atoms with Crippen molar-refractivity contribution in [3.8, 4) is 11.5 Å². The Kier molecular flexibility index (Phi) is 2.74. The normalized spacial score (nSPS) is 9.93. The minimum atomic E-state index is 0.481. The molecule has 1 aromatic carbocycles. The molecule has 1 heterocycles. The Labute approximate surface area is 92.1 Å². The van der Waals surface area contributed by atoms with Crippen molar-refractivity contribution in [2.45, 2.75) is 0 Å². The lowest BCUT2D eigenvalue weighted by molar-refractivity contribution is -0.605. The van der Waals surface area contributed by atoms with Gasteiger partial charge in [0.05, 0.1) is 0 Å². The molecule has 0 N–H and O–H groups in total. The fourth-order valence-corrected chi connectivity index (χ4v) is 1.34. The summed E-state index contributed by atoms with van der Waals surface area (Å²) in [6, 6.07) is 10.3. The van der Waals surface area contributed by atoms with Gasteiger partial charge < -0.3 is 9.94 Å². The van der Waals surface area contributed by atoms with Crippen LogP contribution in [0.15, 0.2) is 48.8 Å². The third-order valence-corrected chi connectivity index (χ3v) is 2.01. The van der Waals surface area contributed by atoms with Crippen LogP contribution in [0.1, 0.15) is 0 Å². The molecule has 0 aliphatic heterocycles. The van der Waals surface area contributed by atoms with Crippen molar-refractivity contribution < 1.29 is 9.47 Å². The summed E-state index contributed by atoms with van der Waals surface area (Å²) in [7, 11) is 0. The molecule has 0 saturated carbocycles. The summed E-state index contributed by atoms with van der Waals surface area (Å²) in [6.07, 6.45) is 2.74. The first-order chi connectivity index (χ1) is 7.24. The van der Waals surface area contributed by atoms with E-state index >= 15 is 0 Å². The highest BCUT2D eigenvalue weighted by molar-refractivity contribution is 6.30. The first-order valence-electron chi connectivity index (χ1n) is 4.36. The van der Waals surface area contributed by atoms with Crippen LogP contribution in [0.4, 0.5) is 0 Å². The maximum Gasteiger partial charge on any atom is 0.223 e. The van der Waals surface area contributed by atoms with Crippen LogP contribution in [0, 0.1) is 5.21 Å². The number of aromatic nitrogens is 1. The van der Waals surface area contributed by atoms with Gasteiger partial charge in [0.2, 0.25) is 6.20 Å². The minimum absolute atomic E-state index is 0.481. The lowest BCUT2D eigenvalue weighted by atomic mass is 10.3. The fourth-order valence-electron chi connectivity index (χ4n) is 1.16. The number of nitrogens with zero attached hydrogens (tertiary/aromatic N) is 1. The quantitative estimate of drug-likeness (QED) is 0.578. The zero-order valence-electron chi connectivity index (χ0n) is 7.76. The van der Waals surface area contributed by atoms with Crippen LogP contribution in [-0.4, -0.2) is 0 Å². The Hall–Kier alpha value is -1.74. The molecule has 0 atom stereocenters. The summed E-state index contributed by atoms with van der Waals surface area (Å²) < 4.78 is 6.12. The lowest BCUT2D eigenvalue weighted by Gasteiger charge is -2.04. The highest BCUT2D eigenvalue weighted by Gasteiger charge is 2.00. The van der Waals surface area contributed by atoms with Gasteiger partial charge in [-0.25, -0.2) is 0 Å². The molecular formula is C11H8ClNO2. The van der Waals surface area contributed by atoms with E-state index in [-0.39, 0.29) is 0 Å². The van der Waals surface area contributed by atoms with Gasteiger partial charge >= 0.3 is 0 Å². The second-order valence-electron chi connectivity index (χ2n) is 2.96. The fraction of sp³-hybridized carbons (Fsp3) is 0. The number of halogens is 1. The Balaban J connectivity index is 2.22. The average molecular weight is 222 g/mol. The largest absolute Gasteiger partial charge is 0.619 e. The predicted molar refractivity (Wildman–Crippen MR) is 56.9 cm³/mol. The van der Waals surface area contributed by atoms with Crippen LogP contribution >= 0.6 is 11.6 Å². The van der Waals surface area contributed by atoms with Gasteiger partial charge in [-0.3, -0.25) is 0 Å². The molecule has 0 amide bonds. The summed E-state index contributed by atoms with van der Waals surface area (Å²) in [5.74, 6) is 1.09. The molecule has 3 nitrogen and oxygen atoms in total. The molecule has 0 fully saturated rings. The molecule has 4 heteroatoms. The minimum Gasteiger partial charge on any atom is -0.619 e. The number of hydrogen-bond donors (Lipinski definition) is 0. The smallest absolute Gasteiger partial charge is 0.223 e. The molecule has 2 aromatic rings. The maximum atomic E-state index is 11.0. The third-order valence-electron chi connectivity index (χ3n) is 1.78. The van der Waals surface area contributed by atoms with Crippen molar-refractivity contribution in [2.24, 2.45) is 0 Å². The molecule has 15 heavy (non-hydrogen) atoms. The van der Waals surface area contributed by atoms with E-state index in [1.54, 1.807) is 36.4 Å². The molecule has 0 spiro atoms. The number of pyridine rings is 1. The summed E-state index contributed by atoms with van der Waals surface area (Å²) >= 11 is 5.80. The molecule has 0 aliphatic carbocycles. The Morgan fingerprint density at radius 2 is 1.93 bits per heavy atom. The van der Waals surface area contributed by atoms with Crippen LogP contribution in [0.2, 0.25) is 5.02 Å². The number of ether oxygens (including phenoxy) is 1. The second kappa shape index (κ2) is 4.19. The Morgan fingerprint density at radius 1 is 1.13 bits per heavy atom. The second-order valence-corrected chi connectivity index (χ2v) is 3.40. The number of hydrogen-bond acceptors (Lipinski definition) is 2. The van der Waals surface area contributed by atoms with Crippen LogP contribution < -0.4 is 9.47 Å². The van der Waals surface area contributed by atoms with Crippen LogP contribution in [0.3, 0.4) is 0 Å². The summed E-state index contributed by atoms with van der Waals surface area (Å²) in [5, 5.41) is 11.6. The number of benzene rings is 1. The zero-order chi connectivity index (χ0) is 10.7. The van der Waals surface area contributed by atoms with Gasteiger partial charge in [0.25, 0.3) is 0 Å². The van der Waals surface area contributed by atoms with E-state index in [2.05, 4.69) is 0 Å². The van der Waals surface area contributed by atoms with Crippen LogP contribution in [-0.2, 0) is 0 Å². The standard InChI is InChI=1S/C11H8ClNO2/c12-9-3-1-4-10(7-9)15-11-5-2-6-13(14)8-11/h1-8H. The molecule has 0 unspecified atom stereocenters. The van der Waals surface area contributed by atoms with Crippen molar-refractivity contribution in [1.29, 1.82) is 0 Å². The topological polar surface area (TPSA) is 36.2 Å². The van der Waals surface area contributed by atoms with Gasteiger partial charge in [0.15, 0.2) is 11.9 Å². The third kappa shape index (κ3) is 2.60. The maximum absolute atomic E-state index is 11.0. The average Bonchev–Trinajstić information content (AvgIpc) is 2.17. The molecule has 0 saturated heterocycles. The van der Waals surface area contributed by atoms with Crippen LogP contribution in [0.25, 0.3) is 0 Å². The zero-order valence-corrected chi connectivity index (χ0v) is 8.52. The van der Waals surface area contributed by atoms with Crippen molar-refractivity contribution in [3.63, 3.8) is 0 Å². The van der Waals surface area contributed by atoms with E-state index in [9.17, 15) is 5.21 Å². The van der Waals surface area contributed by atoms with Crippen molar-refractivity contribution >= 4 is 11.6 Å². The van der Waals surface area contributed by atoms with E-state index in [4.69, 9.17) is 16.3 Å². The molecule has 2 rings (SSSR count).